The minimum absolute atomic E-state index is 0.0921. The number of carboxylic acid groups (broad SMARTS) is 1. The molecule has 1 heterocycles. The van der Waals surface area contributed by atoms with Gasteiger partial charge < -0.3 is 14.8 Å². The molecule has 0 bridgehead atoms. The van der Waals surface area contributed by atoms with Crippen molar-refractivity contribution in [3.05, 3.63) is 27.7 Å². The summed E-state index contributed by atoms with van der Waals surface area (Å²) in [6.45, 7) is 0. The zero-order chi connectivity index (χ0) is 13.2. The van der Waals surface area contributed by atoms with Crippen molar-refractivity contribution in [1.29, 1.82) is 0 Å². The standard InChI is InChI=1S/C8H5BrF3NO4/c9-2-3-1-4(7(15)16)5(6(14)13-3)17-8(10,11)12/h1H,2H2,(H,13,14)(H,15,16). The number of aromatic carboxylic acids is 1. The van der Waals surface area contributed by atoms with Crippen LogP contribution in [0.4, 0.5) is 13.2 Å². The highest BCUT2D eigenvalue weighted by Gasteiger charge is 2.34. The molecular weight excluding hydrogens is 311 g/mol. The molecule has 9 heteroatoms. The van der Waals surface area contributed by atoms with Crippen LogP contribution in [0.5, 0.6) is 5.75 Å². The Hall–Kier alpha value is -1.51. The van der Waals surface area contributed by atoms with Gasteiger partial charge in [-0.05, 0) is 6.07 Å². The van der Waals surface area contributed by atoms with Crippen LogP contribution in [0.1, 0.15) is 16.1 Å². The molecule has 0 amide bonds. The van der Waals surface area contributed by atoms with E-state index in [2.05, 4.69) is 25.7 Å². The highest BCUT2D eigenvalue weighted by molar-refractivity contribution is 9.08. The van der Waals surface area contributed by atoms with Gasteiger partial charge in [-0.3, -0.25) is 4.79 Å². The number of ether oxygens (including phenoxy) is 1. The Morgan fingerprint density at radius 2 is 2.12 bits per heavy atom. The second-order valence-electron chi connectivity index (χ2n) is 2.85. The van der Waals surface area contributed by atoms with Crippen molar-refractivity contribution < 1.29 is 27.8 Å². The maximum atomic E-state index is 12.0. The Morgan fingerprint density at radius 3 is 2.53 bits per heavy atom. The molecule has 0 unspecified atom stereocenters. The summed E-state index contributed by atoms with van der Waals surface area (Å²) in [4.78, 5) is 24.0. The van der Waals surface area contributed by atoms with Gasteiger partial charge in [-0.15, -0.1) is 13.2 Å². The molecule has 5 nitrogen and oxygen atoms in total. The van der Waals surface area contributed by atoms with Gasteiger partial charge in [0, 0.05) is 11.0 Å². The normalized spacial score (nSPS) is 11.3. The minimum Gasteiger partial charge on any atom is -0.478 e. The summed E-state index contributed by atoms with van der Waals surface area (Å²) in [7, 11) is 0. The minimum atomic E-state index is -5.13. The number of carbonyl (C=O) groups is 1. The van der Waals surface area contributed by atoms with Crippen LogP contribution >= 0.6 is 15.9 Å². The molecule has 0 aliphatic heterocycles. The lowest BCUT2D eigenvalue weighted by atomic mass is 10.2. The van der Waals surface area contributed by atoms with Crippen molar-refractivity contribution in [3.63, 3.8) is 0 Å². The van der Waals surface area contributed by atoms with Crippen molar-refractivity contribution in [2.75, 3.05) is 0 Å². The smallest absolute Gasteiger partial charge is 0.478 e. The second kappa shape index (κ2) is 4.78. The number of pyridine rings is 1. The second-order valence-corrected chi connectivity index (χ2v) is 3.41. The Kier molecular flexibility index (Phi) is 3.81. The number of alkyl halides is 4. The molecule has 0 aliphatic rings. The van der Waals surface area contributed by atoms with E-state index in [0.29, 0.717) is 0 Å². The molecule has 0 saturated carbocycles. The van der Waals surface area contributed by atoms with Crippen molar-refractivity contribution in [1.82, 2.24) is 4.98 Å². The van der Waals surface area contributed by atoms with Crippen LogP contribution in [0.25, 0.3) is 0 Å². The van der Waals surface area contributed by atoms with Gasteiger partial charge in [0.05, 0.1) is 0 Å². The van der Waals surface area contributed by atoms with E-state index in [1.165, 1.54) is 0 Å². The predicted octanol–water partition coefficient (Wildman–Crippen LogP) is 1.87. The SMILES string of the molecule is O=C(O)c1cc(CBr)[nH]c(=O)c1OC(F)(F)F. The fourth-order valence-corrected chi connectivity index (χ4v) is 1.35. The Morgan fingerprint density at radius 1 is 1.53 bits per heavy atom. The predicted molar refractivity (Wildman–Crippen MR) is 53.3 cm³/mol. The van der Waals surface area contributed by atoms with Crippen molar-refractivity contribution in [2.24, 2.45) is 0 Å². The van der Waals surface area contributed by atoms with Crippen LogP contribution in [-0.2, 0) is 5.33 Å². The van der Waals surface area contributed by atoms with Gasteiger partial charge in [0.25, 0.3) is 5.56 Å². The monoisotopic (exact) mass is 315 g/mol. The number of rotatable bonds is 3. The van der Waals surface area contributed by atoms with Gasteiger partial charge in [-0.2, -0.15) is 0 Å². The lowest BCUT2D eigenvalue weighted by Crippen LogP contribution is -2.25. The molecule has 0 aromatic carbocycles. The number of hydrogen-bond acceptors (Lipinski definition) is 3. The highest BCUT2D eigenvalue weighted by atomic mass is 79.9. The van der Waals surface area contributed by atoms with Gasteiger partial charge in [0.1, 0.15) is 5.56 Å². The zero-order valence-corrected chi connectivity index (χ0v) is 9.55. The van der Waals surface area contributed by atoms with Gasteiger partial charge in [-0.1, -0.05) is 15.9 Å². The van der Waals surface area contributed by atoms with Crippen LogP contribution in [0.15, 0.2) is 10.9 Å². The van der Waals surface area contributed by atoms with Crippen molar-refractivity contribution in [2.45, 2.75) is 11.7 Å². The van der Waals surface area contributed by atoms with E-state index in [-0.39, 0.29) is 11.0 Å². The third kappa shape index (κ3) is 3.48. The highest BCUT2D eigenvalue weighted by Crippen LogP contribution is 2.23. The zero-order valence-electron chi connectivity index (χ0n) is 7.97. The topological polar surface area (TPSA) is 79.4 Å². The van der Waals surface area contributed by atoms with Crippen molar-refractivity contribution >= 4 is 21.9 Å². The van der Waals surface area contributed by atoms with Crippen molar-refractivity contribution in [3.8, 4) is 5.75 Å². The first-order chi connectivity index (χ1) is 7.74. The number of carboxylic acids is 1. The summed E-state index contributed by atoms with van der Waals surface area (Å²) in [5.41, 5.74) is -1.97. The molecule has 0 radical (unpaired) electrons. The van der Waals surface area contributed by atoms with E-state index >= 15 is 0 Å². The molecule has 1 aromatic heterocycles. The lowest BCUT2D eigenvalue weighted by Gasteiger charge is -2.10. The Bertz CT molecular complexity index is 497. The van der Waals surface area contributed by atoms with Gasteiger partial charge in [0.15, 0.2) is 0 Å². The Balaban J connectivity index is 3.37. The van der Waals surface area contributed by atoms with Crippen LogP contribution in [0.3, 0.4) is 0 Å². The summed E-state index contributed by atoms with van der Waals surface area (Å²) < 4.78 is 39.3. The molecule has 0 aliphatic carbocycles. The molecule has 1 aromatic rings. The molecule has 0 saturated heterocycles. The van der Waals surface area contributed by atoms with Gasteiger partial charge in [-0.25, -0.2) is 4.79 Å². The largest absolute Gasteiger partial charge is 0.573 e. The van der Waals surface area contributed by atoms with Gasteiger partial charge in [0.2, 0.25) is 5.75 Å². The summed E-state index contributed by atoms with van der Waals surface area (Å²) in [6.07, 6.45) is -5.13. The number of hydrogen-bond donors (Lipinski definition) is 2. The maximum absolute atomic E-state index is 12.0. The third-order valence-corrected chi connectivity index (χ3v) is 2.24. The first-order valence-electron chi connectivity index (χ1n) is 4.06. The fourth-order valence-electron chi connectivity index (χ4n) is 1.05. The maximum Gasteiger partial charge on any atom is 0.573 e. The van der Waals surface area contributed by atoms with E-state index in [4.69, 9.17) is 5.11 Å². The molecule has 0 spiro atoms. The van der Waals surface area contributed by atoms with Crippen LogP contribution in [0, 0.1) is 0 Å². The number of aromatic amines is 1. The molecule has 0 atom stereocenters. The van der Waals surface area contributed by atoms with Crippen LogP contribution in [-0.4, -0.2) is 22.4 Å². The molecular formula is C8H5BrF3NO4. The molecule has 2 N–H and O–H groups in total. The first kappa shape index (κ1) is 13.6. The summed E-state index contributed by atoms with van der Waals surface area (Å²) in [6, 6.07) is 0.888. The van der Waals surface area contributed by atoms with Gasteiger partial charge >= 0.3 is 12.3 Å². The summed E-state index contributed by atoms with van der Waals surface area (Å²) in [5.74, 6) is -2.97. The first-order valence-corrected chi connectivity index (χ1v) is 5.18. The lowest BCUT2D eigenvalue weighted by molar-refractivity contribution is -0.275. The Labute approximate surface area is 100 Å². The summed E-state index contributed by atoms with van der Waals surface area (Å²) >= 11 is 2.93. The van der Waals surface area contributed by atoms with E-state index in [1.807, 2.05) is 0 Å². The summed E-state index contributed by atoms with van der Waals surface area (Å²) in [5, 5.41) is 8.78. The van der Waals surface area contributed by atoms with E-state index in [0.717, 1.165) is 6.07 Å². The fraction of sp³-hybridized carbons (Fsp3) is 0.250. The van der Waals surface area contributed by atoms with Crippen LogP contribution in [0.2, 0.25) is 0 Å². The average molecular weight is 316 g/mol. The number of H-pyrrole nitrogens is 1. The molecule has 94 valence electrons. The number of halogens is 4. The van der Waals surface area contributed by atoms with E-state index in [9.17, 15) is 22.8 Å². The molecule has 0 fully saturated rings. The molecule has 1 rings (SSSR count). The number of nitrogens with one attached hydrogen (secondary N) is 1. The average Bonchev–Trinajstić information content (AvgIpc) is 2.18. The quantitative estimate of drug-likeness (QED) is 0.834. The van der Waals surface area contributed by atoms with E-state index in [1.54, 1.807) is 0 Å². The van der Waals surface area contributed by atoms with E-state index < -0.39 is 29.2 Å². The third-order valence-electron chi connectivity index (χ3n) is 1.64. The van der Waals surface area contributed by atoms with Crippen LogP contribution < -0.4 is 10.3 Å². The number of aromatic nitrogens is 1. The molecule has 17 heavy (non-hydrogen) atoms.